The summed E-state index contributed by atoms with van der Waals surface area (Å²) < 4.78 is 4.71. The Bertz CT molecular complexity index is 165. The zero-order valence-electron chi connectivity index (χ0n) is 7.02. The molecule has 0 bridgehead atoms. The molecule has 0 saturated carbocycles. The molecule has 0 aliphatic heterocycles. The van der Waals surface area contributed by atoms with Gasteiger partial charge in [-0.15, -0.1) is 0 Å². The first-order valence-corrected chi connectivity index (χ1v) is 6.89. The first kappa shape index (κ1) is 21.2. The van der Waals surface area contributed by atoms with Crippen LogP contribution < -0.4 is 0 Å². The molecule has 5 heteroatoms. The normalized spacial score (nSPS) is 14.5. The third-order valence-electron chi connectivity index (χ3n) is 1.84. The SMILES string of the molecule is [W].[W].[W].[W]=[CH]C1=C([CH]=[W])CCCC1. The molecule has 72 valence electrons. The van der Waals surface area contributed by atoms with Crippen LogP contribution in [0.1, 0.15) is 25.7 Å². The second kappa shape index (κ2) is 13.0. The molecule has 1 aliphatic rings. The Morgan fingerprint density at radius 1 is 0.769 bits per heavy atom. The second-order valence-corrected chi connectivity index (χ2v) is 4.19. The summed E-state index contributed by atoms with van der Waals surface area (Å²) in [5.41, 5.74) is 3.27. The van der Waals surface area contributed by atoms with Crippen molar-refractivity contribution in [3.63, 3.8) is 0 Å². The average Bonchev–Trinajstić information content (AvgIpc) is 2.04. The first-order valence-electron chi connectivity index (χ1n) is 3.51. The Morgan fingerprint density at radius 2 is 1.08 bits per heavy atom. The zero-order valence-corrected chi connectivity index (χ0v) is 21.7. The van der Waals surface area contributed by atoms with E-state index in [0.29, 0.717) is 0 Å². The fraction of sp³-hybridized carbons (Fsp3) is 0.500. The maximum absolute atomic E-state index is 2.36. The minimum atomic E-state index is 0. The Labute approximate surface area is 145 Å². The molecule has 13 heavy (non-hydrogen) atoms. The van der Waals surface area contributed by atoms with Crippen LogP contribution in [0.4, 0.5) is 0 Å². The van der Waals surface area contributed by atoms with E-state index in [2.05, 4.69) is 8.80 Å². The molecule has 0 radical (unpaired) electrons. The molecule has 0 N–H and O–H groups in total. The van der Waals surface area contributed by atoms with E-state index in [4.69, 9.17) is 0 Å². The Hall–Kier alpha value is 2.92. The number of rotatable bonds is 2. The molecule has 0 amide bonds. The molecule has 1 aliphatic carbocycles. The van der Waals surface area contributed by atoms with Gasteiger partial charge in [0.25, 0.3) is 0 Å². The fourth-order valence-electron chi connectivity index (χ4n) is 1.22. The van der Waals surface area contributed by atoms with Gasteiger partial charge in [-0.05, 0) is 0 Å². The summed E-state index contributed by atoms with van der Waals surface area (Å²) in [6.07, 6.45) is 5.49. The molecule has 0 aromatic rings. The van der Waals surface area contributed by atoms with E-state index < -0.39 is 0 Å². The van der Waals surface area contributed by atoms with Crippen molar-refractivity contribution in [2.24, 2.45) is 0 Å². The van der Waals surface area contributed by atoms with Gasteiger partial charge in [0.15, 0.2) is 0 Å². The van der Waals surface area contributed by atoms with Crippen molar-refractivity contribution in [1.29, 1.82) is 0 Å². The predicted molar refractivity (Wildman–Crippen MR) is 37.6 cm³/mol. The Kier molecular flexibility index (Phi) is 21.2. The van der Waals surface area contributed by atoms with Gasteiger partial charge in [0.1, 0.15) is 0 Å². The number of allylic oxidation sites excluding steroid dienone is 2. The molecule has 0 aromatic carbocycles. The van der Waals surface area contributed by atoms with Gasteiger partial charge in [-0.3, -0.25) is 0 Å². The van der Waals surface area contributed by atoms with Crippen molar-refractivity contribution in [2.75, 3.05) is 0 Å². The van der Waals surface area contributed by atoms with Crippen molar-refractivity contribution in [1.82, 2.24) is 0 Å². The van der Waals surface area contributed by atoms with Crippen molar-refractivity contribution in [2.45, 2.75) is 25.7 Å². The molecule has 0 heterocycles. The van der Waals surface area contributed by atoms with Gasteiger partial charge < -0.3 is 0 Å². The number of hydrogen-bond acceptors (Lipinski definition) is 0. The molecular formula is C8H10W5. The minimum absolute atomic E-state index is 0. The monoisotopic (exact) mass is 1030 g/mol. The molecule has 0 saturated heterocycles. The van der Waals surface area contributed by atoms with Crippen molar-refractivity contribution < 1.29 is 102 Å². The van der Waals surface area contributed by atoms with E-state index in [9.17, 15) is 0 Å². The average molecular weight is 1030 g/mol. The summed E-state index contributed by atoms with van der Waals surface area (Å²) in [5, 5.41) is 0. The third-order valence-corrected chi connectivity index (χ3v) is 3.88. The van der Waals surface area contributed by atoms with Crippen LogP contribution in [0, 0.1) is 0 Å². The molecule has 0 atom stereocenters. The Balaban J connectivity index is -0.000000333. The van der Waals surface area contributed by atoms with Crippen molar-refractivity contribution in [3.05, 3.63) is 11.1 Å². The maximum atomic E-state index is 2.36. The molecule has 0 fully saturated rings. The standard InChI is InChI=1S/C8H10.5W/c1-7-5-3-4-6-8(7)2;;;;;/h1-2H,3-6H2;;;;;. The molecule has 0 aromatic heterocycles. The summed E-state index contributed by atoms with van der Waals surface area (Å²) in [5.74, 6) is 0. The summed E-state index contributed by atoms with van der Waals surface area (Å²) in [7, 11) is 0. The van der Waals surface area contributed by atoms with Crippen LogP contribution in [0.3, 0.4) is 0 Å². The fourth-order valence-corrected chi connectivity index (χ4v) is 3.16. The van der Waals surface area contributed by atoms with Crippen molar-refractivity contribution in [3.8, 4) is 0 Å². The first-order chi connectivity index (χ1) is 4.88. The molecule has 1 rings (SSSR count). The van der Waals surface area contributed by atoms with E-state index >= 15 is 0 Å². The summed E-state index contributed by atoms with van der Waals surface area (Å²) in [4.78, 5) is 0. The Morgan fingerprint density at radius 3 is 1.31 bits per heavy atom. The van der Waals surface area contributed by atoms with Crippen LogP contribution in [-0.4, -0.2) is 8.80 Å². The third kappa shape index (κ3) is 7.76. The van der Waals surface area contributed by atoms with Gasteiger partial charge in [0.05, 0.1) is 0 Å². The van der Waals surface area contributed by atoms with Crippen molar-refractivity contribution >= 4 is 8.80 Å². The van der Waals surface area contributed by atoms with Gasteiger partial charge in [-0.25, -0.2) is 0 Å². The molecule has 0 unspecified atom stereocenters. The van der Waals surface area contributed by atoms with Crippen LogP contribution in [-0.2, 0) is 102 Å². The number of hydrogen-bond donors (Lipinski definition) is 0. The molecule has 0 nitrogen and oxygen atoms in total. The van der Waals surface area contributed by atoms with Gasteiger partial charge in [0.2, 0.25) is 0 Å². The van der Waals surface area contributed by atoms with Crippen LogP contribution in [0.25, 0.3) is 0 Å². The van der Waals surface area contributed by atoms with Gasteiger partial charge in [-0.2, -0.15) is 0 Å². The van der Waals surface area contributed by atoms with Crippen LogP contribution in [0.15, 0.2) is 11.1 Å². The van der Waals surface area contributed by atoms with Gasteiger partial charge >= 0.3 is 84.3 Å². The van der Waals surface area contributed by atoms with E-state index in [1.165, 1.54) is 25.7 Å². The van der Waals surface area contributed by atoms with Crippen LogP contribution in [0.2, 0.25) is 0 Å². The zero-order chi connectivity index (χ0) is 7.40. The van der Waals surface area contributed by atoms with Gasteiger partial charge in [0, 0.05) is 63.2 Å². The van der Waals surface area contributed by atoms with E-state index in [-0.39, 0.29) is 63.2 Å². The molecular weight excluding hydrogens is 1020 g/mol. The van der Waals surface area contributed by atoms with Crippen LogP contribution in [0.5, 0.6) is 0 Å². The van der Waals surface area contributed by atoms with E-state index in [1.54, 1.807) is 49.9 Å². The van der Waals surface area contributed by atoms with Crippen LogP contribution >= 0.6 is 0 Å². The summed E-state index contributed by atoms with van der Waals surface area (Å²) >= 11 is 3.20. The molecule has 0 spiro atoms. The van der Waals surface area contributed by atoms with E-state index in [1.807, 2.05) is 0 Å². The predicted octanol–water partition coefficient (Wildman–Crippen LogP) is 1.55. The summed E-state index contributed by atoms with van der Waals surface area (Å²) in [6, 6.07) is 0. The topological polar surface area (TPSA) is 0 Å². The second-order valence-electron chi connectivity index (χ2n) is 2.49. The van der Waals surface area contributed by atoms with E-state index in [0.717, 1.165) is 0 Å². The van der Waals surface area contributed by atoms with Gasteiger partial charge in [-0.1, -0.05) is 0 Å². The summed E-state index contributed by atoms with van der Waals surface area (Å²) in [6.45, 7) is 0. The quantitative estimate of drug-likeness (QED) is 0.395.